The SMILES string of the molecule is [Rf].[Rf].[Rf].[Rf].[Rf].[Rf].[Rf].[Rf].[Rf].[Rf].[Rf].[Rf].[Rf].[Rf].[Rf].[Rf].[Rf].[Rf].[Rf].[Rf].[Rf].[Rf].[Rf].[Rf].[Rf].[Rf].[Rf].[Rf].[Rf].[Rf].[Rf].[Rf].[Rf].[Rf].[Rf].[Rf].[Rf].[Rf].[Rf].[Rf].[Rf].[Rf].[Rf].[Rf].[Rf].[Rf].[Rf].[Rf].[Rf].[Rf].[Rf].[Rf].[Rf].[Rf].[Rf].[Rf].[Rf]. The third-order valence-corrected chi connectivity index (χ3v) is 0. The monoisotopic (exact) mass is 15200 g/mol. The molecule has 0 fully saturated rings. The molecule has 57 heteroatoms. The van der Waals surface area contributed by atoms with E-state index in [1.807, 2.05) is 0 Å². The van der Waals surface area contributed by atoms with Crippen LogP contribution >= 0.6 is 0 Å². The predicted octanol–water partition coefficient (Wildman–Crippen LogP) is 0. The summed E-state index contributed by atoms with van der Waals surface area (Å²) < 4.78 is 0. The smallest absolute Gasteiger partial charge is 0 e. The molecule has 0 saturated heterocycles. The van der Waals surface area contributed by atoms with E-state index >= 15 is 0 Å². The number of rotatable bonds is 0. The Labute approximate surface area is 0 Å². The summed E-state index contributed by atoms with van der Waals surface area (Å²) in [5.41, 5.74) is 0. The molecule has 0 aromatic rings. The summed E-state index contributed by atoms with van der Waals surface area (Å²) in [6, 6.07) is 0. The summed E-state index contributed by atoms with van der Waals surface area (Å²) in [6.07, 6.45) is 0. The topological polar surface area (TPSA) is 0 Å². The van der Waals surface area contributed by atoms with E-state index in [1.165, 1.54) is 0 Å². The maximum Gasteiger partial charge on any atom is 0 e. The van der Waals surface area contributed by atoms with Gasteiger partial charge in [-0.1, -0.05) is 0 Å². The minimum atomic E-state index is 0. The fourth-order valence-corrected chi connectivity index (χ4v) is 0. The van der Waals surface area contributed by atoms with Crippen molar-refractivity contribution in [2.45, 2.75) is 0 Å². The van der Waals surface area contributed by atoms with Crippen molar-refractivity contribution in [1.29, 1.82) is 0 Å². The van der Waals surface area contributed by atoms with Crippen molar-refractivity contribution in [2.24, 2.45) is 0 Å². The van der Waals surface area contributed by atoms with Gasteiger partial charge in [-0.2, -0.15) is 0 Å². The van der Waals surface area contributed by atoms with Crippen molar-refractivity contribution in [3.8, 4) is 0 Å². The maximum atomic E-state index is 0. The predicted molar refractivity (Wildman–Crippen MR) is 0 cm³/mol. The molecule has 0 saturated carbocycles. The van der Waals surface area contributed by atoms with Gasteiger partial charge in [-0.15, -0.1) is 0 Å². The van der Waals surface area contributed by atoms with Crippen molar-refractivity contribution >= 4 is 0 Å². The molecule has 0 unspecified atom stereocenters. The van der Waals surface area contributed by atoms with Gasteiger partial charge in [0.1, 0.15) is 0 Å². The van der Waals surface area contributed by atoms with Gasteiger partial charge in [-0.05, 0) is 0 Å². The molecule has 0 atom stereocenters. The first-order valence-electron chi connectivity index (χ1n) is 0. The van der Waals surface area contributed by atoms with E-state index in [0.29, 0.717) is 0 Å². The molecule has 0 aliphatic rings. The van der Waals surface area contributed by atoms with Crippen molar-refractivity contribution in [3.05, 3.63) is 0 Å². The molecule has 0 aliphatic heterocycles. The average Bonchev–Trinajstić information content (AvgIpc) is 0. The second-order valence-corrected chi connectivity index (χ2v) is 0. The van der Waals surface area contributed by atoms with Gasteiger partial charge in [0.05, 0.1) is 0 Å². The van der Waals surface area contributed by atoms with Crippen LogP contribution in [0.2, 0.25) is 0 Å². The van der Waals surface area contributed by atoms with Crippen LogP contribution in [-0.2, 0) is 0 Å². The second kappa shape index (κ2) is -0.00123. The van der Waals surface area contributed by atoms with Crippen molar-refractivity contribution in [3.63, 3.8) is 0 Å². The summed E-state index contributed by atoms with van der Waals surface area (Å²) in [6.45, 7) is 0. The molecule has 0 rings (SSSR count). The Kier molecular flexibility index (Phi) is 0. The Morgan fingerprint density at radius 1 is 0.0175 bits per heavy atom. The first-order valence-corrected chi connectivity index (χ1v) is 0. The fraction of sp³-hybridized carbons (Fsp3) is 0. The minimum Gasteiger partial charge on any atom is 0 e. The Bertz CT molecular complexity index is 0. The van der Waals surface area contributed by atoms with E-state index < -0.39 is 0 Å². The summed E-state index contributed by atoms with van der Waals surface area (Å²) in [4.78, 5) is 0. The van der Waals surface area contributed by atoms with E-state index in [-0.39, 0.29) is 0 Å². The molecule has 0 nitrogen and oxygen atoms in total. The normalized spacial score (nSPS) is 0. The van der Waals surface area contributed by atoms with Crippen molar-refractivity contribution < 1.29 is 0 Å². The van der Waals surface area contributed by atoms with Crippen LogP contribution < -0.4 is 0 Å². The van der Waals surface area contributed by atoms with Crippen LogP contribution in [0.4, 0.5) is 0 Å². The summed E-state index contributed by atoms with van der Waals surface area (Å²) in [5, 5.41) is 0. The van der Waals surface area contributed by atoms with Gasteiger partial charge in [0.25, 0.3) is 0 Å². The summed E-state index contributed by atoms with van der Waals surface area (Å²) in [5.74, 6) is 0. The molecule has 0 N–H and O–H groups in total. The standard InChI is InChI=1S/57Rf. The molecular formula is Rf57. The van der Waals surface area contributed by atoms with E-state index in [0.717, 1.165) is 0 Å². The van der Waals surface area contributed by atoms with Gasteiger partial charge in [-0.25, -0.2) is 0 Å². The Hall–Kier alpha value is -57.0. The zero-order valence-electron chi connectivity index (χ0n) is 40.3. The molecule has 0 bridgehead atoms. The first-order chi connectivity index (χ1) is 0. The maximum absolute atomic E-state index is 0. The Balaban J connectivity index is 0. The van der Waals surface area contributed by atoms with E-state index in [4.69, 9.17) is 0 Å². The fourth-order valence-electron chi connectivity index (χ4n) is 0. The van der Waals surface area contributed by atoms with Gasteiger partial charge >= 0.3 is 0 Å². The quantitative estimate of drug-likeness (QED) is 0.321. The number of hydrogen-bond donors (Lipinski definition) is 0. The molecule has 0 heterocycles. The van der Waals surface area contributed by atoms with Gasteiger partial charge in [0.2, 0.25) is 0 Å². The van der Waals surface area contributed by atoms with Gasteiger partial charge in [0, 0.05) is 0 Å². The van der Waals surface area contributed by atoms with Crippen LogP contribution in [0.1, 0.15) is 0 Å². The van der Waals surface area contributed by atoms with Crippen LogP contribution in [0.3, 0.4) is 0 Å². The van der Waals surface area contributed by atoms with Crippen molar-refractivity contribution in [1.82, 2.24) is 0 Å². The molecule has 57 heavy (non-hydrogen) atoms. The van der Waals surface area contributed by atoms with Gasteiger partial charge in [-0.3, -0.25) is 0 Å². The van der Waals surface area contributed by atoms with E-state index in [2.05, 4.69) is 0 Å². The summed E-state index contributed by atoms with van der Waals surface area (Å²) in [7, 11) is 0. The largest absolute Gasteiger partial charge is 0 e. The zero-order valence-corrected chi connectivity index (χ0v) is 405. The average molecular weight is 15200 g/mol. The third kappa shape index (κ3) is -0.00277. The van der Waals surface area contributed by atoms with Crippen LogP contribution in [0.15, 0.2) is 0 Å². The Morgan fingerprint density at radius 2 is 0.0175 bits per heavy atom. The number of hydrogen-bond acceptors (Lipinski definition) is 0. The molecule has 0 aromatic heterocycles. The molecular weight excluding hydrogens is 15200 g/mol. The minimum absolute atomic E-state index is 0. The first kappa shape index (κ1) is 0. The third-order valence-electron chi connectivity index (χ3n) is 0. The van der Waals surface area contributed by atoms with E-state index in [9.17, 15) is 0 Å². The van der Waals surface area contributed by atoms with Crippen LogP contribution in [0.5, 0.6) is 0 Å². The van der Waals surface area contributed by atoms with Gasteiger partial charge in [0.15, 0.2) is 0 Å². The van der Waals surface area contributed by atoms with Crippen molar-refractivity contribution in [2.75, 3.05) is 0 Å². The summed E-state index contributed by atoms with van der Waals surface area (Å²) >= 11 is 0. The van der Waals surface area contributed by atoms with E-state index in [1.54, 1.807) is 0 Å². The van der Waals surface area contributed by atoms with Crippen LogP contribution in [0, 0.1) is 0 Å². The molecule has 0 amide bonds. The second-order valence-electron chi connectivity index (χ2n) is 0. The van der Waals surface area contributed by atoms with Gasteiger partial charge < -0.3 is 0 Å². The molecule has 0 radical (unpaired) electrons. The Morgan fingerprint density at radius 3 is 0.0175 bits per heavy atom. The zero-order chi connectivity index (χ0) is 0. The molecule has 0 aliphatic carbocycles. The molecule has 114 valence electrons. The molecule has 0 aromatic carbocycles. The van der Waals surface area contributed by atoms with Crippen LogP contribution in [-0.4, -0.2) is 0 Å². The van der Waals surface area contributed by atoms with Crippen LogP contribution in [0.25, 0.3) is 0 Å². The molecule has 0 spiro atoms.